The third-order valence-corrected chi connectivity index (χ3v) is 1.45. The largest absolute Gasteiger partial charge is 0.313 e. The van der Waals surface area contributed by atoms with Gasteiger partial charge in [-0.05, 0) is 12.8 Å². The van der Waals surface area contributed by atoms with Gasteiger partial charge in [0, 0.05) is 6.42 Å². The average Bonchev–Trinajstić information content (AvgIpc) is 1.84. The fourth-order valence-electron chi connectivity index (χ4n) is 0.895. The monoisotopic (exact) mass is 140 g/mol. The van der Waals surface area contributed by atoms with Gasteiger partial charge in [0.25, 0.3) is 0 Å². The molecule has 10 heavy (non-hydrogen) atoms. The molecule has 2 heteroatoms. The molecule has 58 valence electrons. The van der Waals surface area contributed by atoms with Gasteiger partial charge in [-0.2, -0.15) is 0 Å². The molecule has 0 fully saturated rings. The summed E-state index contributed by atoms with van der Waals surface area (Å²) in [6, 6.07) is 0. The molecule has 2 nitrogen and oxygen atoms in total. The van der Waals surface area contributed by atoms with E-state index in [1.165, 1.54) is 0 Å². The molecule has 0 saturated heterocycles. The normalized spacial score (nSPS) is 11.0. The smallest absolute Gasteiger partial charge is 0.0645 e. The zero-order chi connectivity index (χ0) is 8.04. The molecule has 0 aliphatic heterocycles. The molecule has 0 rings (SSSR count). The molecule has 0 bridgehead atoms. The van der Waals surface area contributed by atoms with Gasteiger partial charge >= 0.3 is 0 Å². The number of nitrogens with two attached hydrogens (primary N) is 2. The third kappa shape index (κ3) is 4.37. The maximum atomic E-state index is 5.70. The summed E-state index contributed by atoms with van der Waals surface area (Å²) in [4.78, 5) is 0. The Hall–Kier alpha value is -0.520. The van der Waals surface area contributed by atoms with Crippen LogP contribution in [-0.2, 0) is 0 Å². The van der Waals surface area contributed by atoms with Crippen LogP contribution >= 0.6 is 0 Å². The Kier molecular flexibility index (Phi) is 4.10. The van der Waals surface area contributed by atoms with E-state index in [2.05, 4.69) is 12.8 Å². The second kappa shape index (κ2) is 4.32. The number of terminal acetylenes is 1. The lowest BCUT2D eigenvalue weighted by Gasteiger charge is -2.22. The van der Waals surface area contributed by atoms with E-state index in [0.29, 0.717) is 6.42 Å². The molecule has 0 aromatic heterocycles. The van der Waals surface area contributed by atoms with Crippen LogP contribution in [0.4, 0.5) is 0 Å². The van der Waals surface area contributed by atoms with E-state index in [1.807, 2.05) is 0 Å². The van der Waals surface area contributed by atoms with Crippen molar-refractivity contribution < 1.29 is 0 Å². The highest BCUT2D eigenvalue weighted by molar-refractivity contribution is 4.88. The summed E-state index contributed by atoms with van der Waals surface area (Å²) in [5, 5.41) is 0. The first-order chi connectivity index (χ1) is 4.62. The van der Waals surface area contributed by atoms with E-state index in [0.717, 1.165) is 19.3 Å². The molecule has 0 unspecified atom stereocenters. The van der Waals surface area contributed by atoms with E-state index in [-0.39, 0.29) is 0 Å². The van der Waals surface area contributed by atoms with Gasteiger partial charge in [0.05, 0.1) is 5.66 Å². The summed E-state index contributed by atoms with van der Waals surface area (Å²) < 4.78 is 0. The van der Waals surface area contributed by atoms with Crippen molar-refractivity contribution in [1.29, 1.82) is 0 Å². The van der Waals surface area contributed by atoms with Crippen LogP contribution in [0.3, 0.4) is 0 Å². The van der Waals surface area contributed by atoms with Crippen molar-refractivity contribution in [1.82, 2.24) is 0 Å². The molecule has 0 saturated carbocycles. The lowest BCUT2D eigenvalue weighted by molar-refractivity contribution is 0.380. The number of hydrogen-bond acceptors (Lipinski definition) is 2. The van der Waals surface area contributed by atoms with Crippen molar-refractivity contribution >= 4 is 0 Å². The van der Waals surface area contributed by atoms with E-state index in [1.54, 1.807) is 0 Å². The quantitative estimate of drug-likeness (QED) is 0.448. The van der Waals surface area contributed by atoms with Gasteiger partial charge in [0.15, 0.2) is 0 Å². The van der Waals surface area contributed by atoms with Gasteiger partial charge in [-0.3, -0.25) is 0 Å². The average molecular weight is 140 g/mol. The molecule has 0 aliphatic carbocycles. The van der Waals surface area contributed by atoms with Crippen LogP contribution in [0.25, 0.3) is 0 Å². The summed E-state index contributed by atoms with van der Waals surface area (Å²) in [7, 11) is 0. The fraction of sp³-hybridized carbons (Fsp3) is 0.750. The lowest BCUT2D eigenvalue weighted by atomic mass is 10.0. The van der Waals surface area contributed by atoms with Crippen LogP contribution in [0.5, 0.6) is 0 Å². The molecule has 0 radical (unpaired) electrons. The van der Waals surface area contributed by atoms with Crippen molar-refractivity contribution in [3.8, 4) is 12.3 Å². The Bertz CT molecular complexity index is 122. The maximum absolute atomic E-state index is 5.70. The molecule has 0 aliphatic rings. The van der Waals surface area contributed by atoms with Gasteiger partial charge in [-0.25, -0.2) is 0 Å². The van der Waals surface area contributed by atoms with Gasteiger partial charge in [-0.15, -0.1) is 12.3 Å². The van der Waals surface area contributed by atoms with Crippen LogP contribution in [-0.4, -0.2) is 5.66 Å². The molecule has 0 atom stereocenters. The fourth-order valence-corrected chi connectivity index (χ4v) is 0.895. The highest BCUT2D eigenvalue weighted by Crippen LogP contribution is 2.08. The van der Waals surface area contributed by atoms with Crippen molar-refractivity contribution in [2.45, 2.75) is 38.3 Å². The molecule has 0 spiro atoms. The predicted molar refractivity (Wildman–Crippen MR) is 44.1 cm³/mol. The second-order valence-corrected chi connectivity index (χ2v) is 2.69. The molecule has 4 N–H and O–H groups in total. The van der Waals surface area contributed by atoms with Gasteiger partial charge in [0.1, 0.15) is 0 Å². The van der Waals surface area contributed by atoms with E-state index >= 15 is 0 Å². The topological polar surface area (TPSA) is 52.0 Å². The summed E-state index contributed by atoms with van der Waals surface area (Å²) in [5.41, 5.74) is 10.9. The summed E-state index contributed by atoms with van der Waals surface area (Å²) >= 11 is 0. The minimum Gasteiger partial charge on any atom is -0.313 e. The van der Waals surface area contributed by atoms with E-state index < -0.39 is 5.66 Å². The Labute approximate surface area is 63.0 Å². The van der Waals surface area contributed by atoms with E-state index in [9.17, 15) is 0 Å². The van der Waals surface area contributed by atoms with Crippen molar-refractivity contribution in [3.05, 3.63) is 0 Å². The maximum Gasteiger partial charge on any atom is 0.0645 e. The highest BCUT2D eigenvalue weighted by atomic mass is 14.9. The number of hydrogen-bond donors (Lipinski definition) is 2. The molecule has 0 amide bonds. The zero-order valence-corrected chi connectivity index (χ0v) is 6.56. The second-order valence-electron chi connectivity index (χ2n) is 2.69. The Morgan fingerprint density at radius 1 is 1.40 bits per heavy atom. The van der Waals surface area contributed by atoms with Crippen LogP contribution in [0.2, 0.25) is 0 Å². The Morgan fingerprint density at radius 2 is 2.00 bits per heavy atom. The zero-order valence-electron chi connectivity index (χ0n) is 6.56. The SMILES string of the molecule is C#CCCC(N)(N)CCC. The first kappa shape index (κ1) is 9.48. The predicted octanol–water partition coefficient (Wildman–Crippen LogP) is 0.814. The minimum atomic E-state index is -0.541. The minimum absolute atomic E-state index is 0.541. The number of rotatable bonds is 4. The van der Waals surface area contributed by atoms with Crippen LogP contribution in [0.15, 0.2) is 0 Å². The lowest BCUT2D eigenvalue weighted by Crippen LogP contribution is -2.48. The molecular weight excluding hydrogens is 124 g/mol. The first-order valence-corrected chi connectivity index (χ1v) is 3.63. The van der Waals surface area contributed by atoms with Crippen molar-refractivity contribution in [3.63, 3.8) is 0 Å². The Balaban J connectivity index is 3.54. The summed E-state index contributed by atoms with van der Waals surface area (Å²) in [6.45, 7) is 2.06. The van der Waals surface area contributed by atoms with Crippen molar-refractivity contribution in [2.24, 2.45) is 11.5 Å². The van der Waals surface area contributed by atoms with Crippen LogP contribution in [0, 0.1) is 12.3 Å². The molecular formula is C8H16N2. The van der Waals surface area contributed by atoms with Gasteiger partial charge < -0.3 is 11.5 Å². The van der Waals surface area contributed by atoms with E-state index in [4.69, 9.17) is 17.9 Å². The van der Waals surface area contributed by atoms with Crippen LogP contribution < -0.4 is 11.5 Å². The molecule has 0 aromatic rings. The van der Waals surface area contributed by atoms with Crippen molar-refractivity contribution in [2.75, 3.05) is 0 Å². The summed E-state index contributed by atoms with van der Waals surface area (Å²) in [6.07, 6.45) is 8.32. The van der Waals surface area contributed by atoms with Crippen LogP contribution in [0.1, 0.15) is 32.6 Å². The van der Waals surface area contributed by atoms with Gasteiger partial charge in [-0.1, -0.05) is 13.3 Å². The summed E-state index contributed by atoms with van der Waals surface area (Å²) in [5.74, 6) is 2.52. The Morgan fingerprint density at radius 3 is 2.40 bits per heavy atom. The first-order valence-electron chi connectivity index (χ1n) is 3.63. The molecule has 0 heterocycles. The standard InChI is InChI=1S/C8H16N2/c1-3-5-7-8(9,10)6-4-2/h1H,4-7,9-10H2,2H3. The molecule has 0 aromatic carbocycles. The highest BCUT2D eigenvalue weighted by Gasteiger charge is 2.15. The third-order valence-electron chi connectivity index (χ3n) is 1.45. The van der Waals surface area contributed by atoms with Gasteiger partial charge in [0.2, 0.25) is 0 Å².